The molecule has 3 nitrogen and oxygen atoms in total. The summed E-state index contributed by atoms with van der Waals surface area (Å²) in [5.41, 5.74) is 0.933. The van der Waals surface area contributed by atoms with Crippen molar-refractivity contribution < 1.29 is 9.53 Å². The Kier molecular flexibility index (Phi) is 3.47. The van der Waals surface area contributed by atoms with E-state index >= 15 is 0 Å². The Morgan fingerprint density at radius 2 is 2.18 bits per heavy atom. The van der Waals surface area contributed by atoms with Crippen LogP contribution in [-0.2, 0) is 4.79 Å². The highest BCUT2D eigenvalue weighted by atomic mass is 16.5. The summed E-state index contributed by atoms with van der Waals surface area (Å²) in [6.07, 6.45) is 2.42. The number of carbonyl (C=O) groups is 1. The number of hydrogen-bond donors (Lipinski definition) is 0. The smallest absolute Gasteiger partial charge is 0.227 e. The van der Waals surface area contributed by atoms with Crippen molar-refractivity contribution in [3.8, 4) is 5.75 Å². The molecule has 0 aliphatic carbocycles. The number of hydrogen-bond acceptors (Lipinski definition) is 2. The Labute approximate surface area is 102 Å². The van der Waals surface area contributed by atoms with Crippen LogP contribution in [0.1, 0.15) is 13.3 Å². The largest absolute Gasteiger partial charge is 0.494 e. The molecule has 1 amide bonds. The van der Waals surface area contributed by atoms with Crippen LogP contribution in [0.25, 0.3) is 0 Å². The number of rotatable bonds is 4. The molecule has 0 saturated carbocycles. The molecule has 1 aromatic carbocycles. The van der Waals surface area contributed by atoms with Crippen molar-refractivity contribution in [2.45, 2.75) is 13.3 Å². The molecule has 1 saturated heterocycles. The average molecular weight is 231 g/mol. The zero-order valence-corrected chi connectivity index (χ0v) is 10.1. The van der Waals surface area contributed by atoms with Gasteiger partial charge in [-0.15, -0.1) is 6.58 Å². The monoisotopic (exact) mass is 231 g/mol. The predicted octanol–water partition coefficient (Wildman–Crippen LogP) is 2.62. The number of carbonyl (C=O) groups excluding carboxylic acids is 1. The highest BCUT2D eigenvalue weighted by Gasteiger charge is 2.28. The summed E-state index contributed by atoms with van der Waals surface area (Å²) in [5, 5.41) is 0. The normalized spacial score (nSPS) is 19.5. The first-order valence-corrected chi connectivity index (χ1v) is 5.90. The van der Waals surface area contributed by atoms with Crippen LogP contribution in [0.5, 0.6) is 5.75 Å². The molecule has 1 unspecified atom stereocenters. The first-order valence-electron chi connectivity index (χ1n) is 5.90. The van der Waals surface area contributed by atoms with Crippen LogP contribution >= 0.6 is 0 Å². The maximum Gasteiger partial charge on any atom is 0.227 e. The lowest BCUT2D eigenvalue weighted by atomic mass is 10.1. The van der Waals surface area contributed by atoms with Crippen LogP contribution in [0.15, 0.2) is 36.9 Å². The van der Waals surface area contributed by atoms with Gasteiger partial charge in [0.25, 0.3) is 0 Å². The van der Waals surface area contributed by atoms with Gasteiger partial charge in [-0.2, -0.15) is 0 Å². The van der Waals surface area contributed by atoms with Crippen molar-refractivity contribution >= 4 is 11.6 Å². The lowest BCUT2D eigenvalue weighted by Crippen LogP contribution is -2.24. The lowest BCUT2D eigenvalue weighted by Gasteiger charge is -2.16. The molecule has 1 heterocycles. The Bertz CT molecular complexity index is 411. The van der Waals surface area contributed by atoms with Gasteiger partial charge < -0.3 is 9.64 Å². The SMILES string of the molecule is C=CC1CC(=O)N(c2ccc(OCC)cc2)C1. The number of nitrogens with zero attached hydrogens (tertiary/aromatic N) is 1. The molecule has 0 N–H and O–H groups in total. The van der Waals surface area contributed by atoms with Gasteiger partial charge in [-0.3, -0.25) is 4.79 Å². The molecule has 1 aliphatic rings. The first-order chi connectivity index (χ1) is 8.24. The minimum Gasteiger partial charge on any atom is -0.494 e. The minimum atomic E-state index is 0.166. The first kappa shape index (κ1) is 11.7. The van der Waals surface area contributed by atoms with Crippen molar-refractivity contribution in [1.82, 2.24) is 0 Å². The molecule has 3 heteroatoms. The van der Waals surface area contributed by atoms with Crippen LogP contribution in [0.2, 0.25) is 0 Å². The van der Waals surface area contributed by atoms with Crippen LogP contribution in [0.3, 0.4) is 0 Å². The summed E-state index contributed by atoms with van der Waals surface area (Å²) in [5.74, 6) is 1.27. The second kappa shape index (κ2) is 5.04. The highest BCUT2D eigenvalue weighted by Crippen LogP contribution is 2.27. The van der Waals surface area contributed by atoms with Crippen LogP contribution < -0.4 is 9.64 Å². The zero-order valence-electron chi connectivity index (χ0n) is 10.1. The highest BCUT2D eigenvalue weighted by molar-refractivity contribution is 5.96. The van der Waals surface area contributed by atoms with Gasteiger partial charge in [0.15, 0.2) is 0 Å². The molecular weight excluding hydrogens is 214 g/mol. The topological polar surface area (TPSA) is 29.5 Å². The molecular formula is C14H17NO2. The Hall–Kier alpha value is -1.77. The van der Waals surface area contributed by atoms with E-state index < -0.39 is 0 Å². The Morgan fingerprint density at radius 3 is 2.71 bits per heavy atom. The quantitative estimate of drug-likeness (QED) is 0.745. The summed E-state index contributed by atoms with van der Waals surface area (Å²) in [4.78, 5) is 13.6. The molecule has 1 aliphatic heterocycles. The predicted molar refractivity (Wildman–Crippen MR) is 68.3 cm³/mol. The van der Waals surface area contributed by atoms with E-state index in [1.807, 2.05) is 42.2 Å². The van der Waals surface area contributed by atoms with Gasteiger partial charge in [0.2, 0.25) is 5.91 Å². The van der Waals surface area contributed by atoms with Crippen LogP contribution in [0.4, 0.5) is 5.69 Å². The van der Waals surface area contributed by atoms with Crippen molar-refractivity contribution in [2.75, 3.05) is 18.1 Å². The van der Waals surface area contributed by atoms with E-state index in [9.17, 15) is 4.79 Å². The Morgan fingerprint density at radius 1 is 1.47 bits per heavy atom. The standard InChI is InChI=1S/C14H17NO2/c1-3-11-9-14(16)15(10-11)12-5-7-13(8-6-12)17-4-2/h3,5-8,11H,1,4,9-10H2,2H3. The van der Waals surface area contributed by atoms with Gasteiger partial charge in [-0.05, 0) is 31.2 Å². The second-order valence-corrected chi connectivity index (χ2v) is 4.13. The summed E-state index contributed by atoms with van der Waals surface area (Å²) in [6.45, 7) is 7.08. The number of anilines is 1. The van der Waals surface area contributed by atoms with Gasteiger partial charge >= 0.3 is 0 Å². The van der Waals surface area contributed by atoms with E-state index in [-0.39, 0.29) is 11.8 Å². The van der Waals surface area contributed by atoms with Gasteiger partial charge in [0.1, 0.15) is 5.75 Å². The summed E-state index contributed by atoms with van der Waals surface area (Å²) in [7, 11) is 0. The molecule has 1 aromatic rings. The molecule has 0 radical (unpaired) electrons. The maximum atomic E-state index is 11.8. The van der Waals surface area contributed by atoms with E-state index in [1.165, 1.54) is 0 Å². The molecule has 0 bridgehead atoms. The summed E-state index contributed by atoms with van der Waals surface area (Å²) >= 11 is 0. The van der Waals surface area contributed by atoms with Crippen molar-refractivity contribution in [3.63, 3.8) is 0 Å². The maximum absolute atomic E-state index is 11.8. The second-order valence-electron chi connectivity index (χ2n) is 4.13. The average Bonchev–Trinajstić information content (AvgIpc) is 2.72. The van der Waals surface area contributed by atoms with Crippen LogP contribution in [0, 0.1) is 5.92 Å². The fraction of sp³-hybridized carbons (Fsp3) is 0.357. The molecule has 1 fully saturated rings. The third-order valence-electron chi connectivity index (χ3n) is 2.95. The fourth-order valence-corrected chi connectivity index (χ4v) is 2.03. The zero-order chi connectivity index (χ0) is 12.3. The molecule has 2 rings (SSSR count). The van der Waals surface area contributed by atoms with Gasteiger partial charge in [0.05, 0.1) is 6.61 Å². The lowest BCUT2D eigenvalue weighted by molar-refractivity contribution is -0.117. The van der Waals surface area contributed by atoms with Crippen molar-refractivity contribution in [2.24, 2.45) is 5.92 Å². The number of benzene rings is 1. The van der Waals surface area contributed by atoms with E-state index in [0.717, 1.165) is 18.0 Å². The van der Waals surface area contributed by atoms with Crippen LogP contribution in [-0.4, -0.2) is 19.1 Å². The van der Waals surface area contributed by atoms with E-state index in [4.69, 9.17) is 4.74 Å². The molecule has 1 atom stereocenters. The molecule has 90 valence electrons. The van der Waals surface area contributed by atoms with Crippen molar-refractivity contribution in [1.29, 1.82) is 0 Å². The fourth-order valence-electron chi connectivity index (χ4n) is 2.03. The molecule has 0 spiro atoms. The van der Waals surface area contributed by atoms with E-state index in [0.29, 0.717) is 13.0 Å². The third-order valence-corrected chi connectivity index (χ3v) is 2.95. The van der Waals surface area contributed by atoms with Gasteiger partial charge in [-0.25, -0.2) is 0 Å². The summed E-state index contributed by atoms with van der Waals surface area (Å²) in [6, 6.07) is 7.64. The van der Waals surface area contributed by atoms with E-state index in [2.05, 4.69) is 6.58 Å². The van der Waals surface area contributed by atoms with Gasteiger partial charge in [0, 0.05) is 24.6 Å². The molecule has 17 heavy (non-hydrogen) atoms. The van der Waals surface area contributed by atoms with Gasteiger partial charge in [-0.1, -0.05) is 6.08 Å². The van der Waals surface area contributed by atoms with E-state index in [1.54, 1.807) is 0 Å². The third kappa shape index (κ3) is 2.49. The number of ether oxygens (including phenoxy) is 1. The number of amides is 1. The summed E-state index contributed by atoms with van der Waals surface area (Å²) < 4.78 is 5.37. The molecule has 0 aromatic heterocycles. The Balaban J connectivity index is 2.12. The minimum absolute atomic E-state index is 0.166. The van der Waals surface area contributed by atoms with Crippen molar-refractivity contribution in [3.05, 3.63) is 36.9 Å².